The number of aryl methyl sites for hydroxylation is 1. The Morgan fingerprint density at radius 3 is 2.38 bits per heavy atom. The zero-order valence-corrected chi connectivity index (χ0v) is 13.3. The number of fused-ring (bicyclic) bond motifs is 1. The van der Waals surface area contributed by atoms with Crippen LogP contribution in [0.1, 0.15) is 38.4 Å². The van der Waals surface area contributed by atoms with Crippen molar-refractivity contribution in [1.82, 2.24) is 9.55 Å². The smallest absolute Gasteiger partial charge is 0.163 e. The molecule has 0 amide bonds. The number of rotatable bonds is 7. The zero-order valence-electron chi connectivity index (χ0n) is 13.3. The highest BCUT2D eigenvalue weighted by molar-refractivity contribution is 5.80. The third kappa shape index (κ3) is 3.13. The Kier molecular flexibility index (Phi) is 5.07. The predicted molar refractivity (Wildman–Crippen MR) is 85.2 cm³/mol. The molecular weight excluding hydrogens is 266 g/mol. The zero-order chi connectivity index (χ0) is 15.4. The Bertz CT molecular complexity index is 605. The largest absolute Gasteiger partial charge is 0.493 e. The number of hydrogen-bond donors (Lipinski definition) is 1. The van der Waals surface area contributed by atoms with Gasteiger partial charge in [0.15, 0.2) is 11.5 Å². The quantitative estimate of drug-likeness (QED) is 0.797. The van der Waals surface area contributed by atoms with Crippen molar-refractivity contribution in [3.8, 4) is 11.5 Å². The highest BCUT2D eigenvalue weighted by atomic mass is 16.5. The third-order valence-electron chi connectivity index (χ3n) is 3.64. The molecule has 1 aromatic heterocycles. The van der Waals surface area contributed by atoms with Gasteiger partial charge >= 0.3 is 0 Å². The normalized spacial score (nSPS) is 11.3. The molecule has 2 rings (SSSR count). The van der Waals surface area contributed by atoms with E-state index in [0.717, 1.165) is 48.5 Å². The van der Waals surface area contributed by atoms with Crippen molar-refractivity contribution >= 4 is 11.0 Å². The number of imidazole rings is 1. The second-order valence-corrected chi connectivity index (χ2v) is 5.47. The van der Waals surface area contributed by atoms with Gasteiger partial charge in [0.2, 0.25) is 0 Å². The first-order valence-electron chi connectivity index (χ1n) is 7.44. The van der Waals surface area contributed by atoms with Crippen molar-refractivity contribution in [2.24, 2.45) is 5.73 Å². The van der Waals surface area contributed by atoms with Crippen LogP contribution in [0, 0.1) is 0 Å². The Labute approximate surface area is 126 Å². The van der Waals surface area contributed by atoms with Crippen molar-refractivity contribution in [2.45, 2.75) is 39.2 Å². The summed E-state index contributed by atoms with van der Waals surface area (Å²) in [4.78, 5) is 4.77. The van der Waals surface area contributed by atoms with E-state index < -0.39 is 0 Å². The van der Waals surface area contributed by atoms with Crippen LogP contribution in [0.15, 0.2) is 12.1 Å². The van der Waals surface area contributed by atoms with Crippen LogP contribution in [-0.4, -0.2) is 30.3 Å². The summed E-state index contributed by atoms with van der Waals surface area (Å²) in [6.45, 7) is 5.97. The molecule has 21 heavy (non-hydrogen) atoms. The summed E-state index contributed by atoms with van der Waals surface area (Å²) in [6.07, 6.45) is 2.07. The van der Waals surface area contributed by atoms with E-state index in [4.69, 9.17) is 20.2 Å². The van der Waals surface area contributed by atoms with Crippen molar-refractivity contribution in [1.29, 1.82) is 0 Å². The van der Waals surface area contributed by atoms with Crippen molar-refractivity contribution in [2.75, 3.05) is 20.8 Å². The van der Waals surface area contributed by atoms with E-state index in [1.165, 1.54) is 0 Å². The summed E-state index contributed by atoms with van der Waals surface area (Å²) in [5, 5.41) is 0. The van der Waals surface area contributed by atoms with E-state index in [1.807, 2.05) is 12.1 Å². The lowest BCUT2D eigenvalue weighted by Crippen LogP contribution is -2.07. The van der Waals surface area contributed by atoms with E-state index >= 15 is 0 Å². The van der Waals surface area contributed by atoms with Crippen LogP contribution in [0.25, 0.3) is 11.0 Å². The predicted octanol–water partition coefficient (Wildman–Crippen LogP) is 2.92. The lowest BCUT2D eigenvalue weighted by Gasteiger charge is -2.12. The summed E-state index contributed by atoms with van der Waals surface area (Å²) in [7, 11) is 3.30. The molecule has 0 aliphatic heterocycles. The van der Waals surface area contributed by atoms with Crippen molar-refractivity contribution < 1.29 is 9.47 Å². The molecule has 0 radical (unpaired) electrons. The average Bonchev–Trinajstić information content (AvgIpc) is 2.84. The van der Waals surface area contributed by atoms with Crippen LogP contribution < -0.4 is 15.2 Å². The van der Waals surface area contributed by atoms with Gasteiger partial charge in [0, 0.05) is 24.6 Å². The Balaban J connectivity index is 2.53. The highest BCUT2D eigenvalue weighted by Gasteiger charge is 2.16. The fourth-order valence-electron chi connectivity index (χ4n) is 2.56. The van der Waals surface area contributed by atoms with E-state index in [1.54, 1.807) is 14.2 Å². The van der Waals surface area contributed by atoms with Gasteiger partial charge in [-0.15, -0.1) is 0 Å². The molecule has 0 atom stereocenters. The molecule has 5 nitrogen and oxygen atoms in total. The van der Waals surface area contributed by atoms with Gasteiger partial charge in [-0.3, -0.25) is 0 Å². The Hall–Kier alpha value is -1.75. The summed E-state index contributed by atoms with van der Waals surface area (Å²) < 4.78 is 13.0. The van der Waals surface area contributed by atoms with E-state index in [2.05, 4.69) is 18.4 Å². The maximum absolute atomic E-state index is 5.60. The van der Waals surface area contributed by atoms with Gasteiger partial charge in [0.05, 0.1) is 25.3 Å². The van der Waals surface area contributed by atoms with Crippen LogP contribution in [0.5, 0.6) is 11.5 Å². The number of nitrogens with two attached hydrogens (primary N) is 1. The number of methoxy groups -OCH3 is 2. The lowest BCUT2D eigenvalue weighted by atomic mass is 10.2. The van der Waals surface area contributed by atoms with E-state index in [0.29, 0.717) is 11.7 Å². The molecule has 0 aliphatic rings. The highest BCUT2D eigenvalue weighted by Crippen LogP contribution is 2.33. The van der Waals surface area contributed by atoms with Gasteiger partial charge < -0.3 is 19.8 Å². The molecular formula is C16H25N3O2. The molecule has 0 fully saturated rings. The van der Waals surface area contributed by atoms with Crippen LogP contribution in [0.2, 0.25) is 0 Å². The van der Waals surface area contributed by atoms with Gasteiger partial charge in [-0.1, -0.05) is 13.8 Å². The molecule has 0 saturated heterocycles. The second-order valence-electron chi connectivity index (χ2n) is 5.47. The maximum Gasteiger partial charge on any atom is 0.163 e. The summed E-state index contributed by atoms with van der Waals surface area (Å²) >= 11 is 0. The summed E-state index contributed by atoms with van der Waals surface area (Å²) in [6, 6.07) is 3.95. The number of aromatic nitrogens is 2. The number of ether oxygens (including phenoxy) is 2. The van der Waals surface area contributed by atoms with Crippen LogP contribution in [0.4, 0.5) is 0 Å². The lowest BCUT2D eigenvalue weighted by molar-refractivity contribution is 0.355. The fraction of sp³-hybridized carbons (Fsp3) is 0.562. The van der Waals surface area contributed by atoms with E-state index in [-0.39, 0.29) is 0 Å². The second kappa shape index (κ2) is 6.80. The SMILES string of the molecule is COc1cc2nc(C(C)C)n(CCCCN)c2cc1OC. The number of unbranched alkanes of at least 4 members (excludes halogenated alkanes) is 1. The monoisotopic (exact) mass is 291 g/mol. The number of nitrogens with zero attached hydrogens (tertiary/aromatic N) is 2. The molecule has 0 aliphatic carbocycles. The van der Waals surface area contributed by atoms with Gasteiger partial charge in [-0.25, -0.2) is 4.98 Å². The summed E-state index contributed by atoms with van der Waals surface area (Å²) in [5.41, 5.74) is 7.64. The molecule has 116 valence electrons. The fourth-order valence-corrected chi connectivity index (χ4v) is 2.56. The first-order valence-corrected chi connectivity index (χ1v) is 7.44. The van der Waals surface area contributed by atoms with Crippen LogP contribution >= 0.6 is 0 Å². The molecule has 1 heterocycles. The minimum atomic E-state index is 0.368. The van der Waals surface area contributed by atoms with Gasteiger partial charge in [0.1, 0.15) is 5.82 Å². The molecule has 0 unspecified atom stereocenters. The van der Waals surface area contributed by atoms with Gasteiger partial charge in [0.25, 0.3) is 0 Å². The minimum Gasteiger partial charge on any atom is -0.493 e. The third-order valence-corrected chi connectivity index (χ3v) is 3.64. The molecule has 0 spiro atoms. The van der Waals surface area contributed by atoms with Gasteiger partial charge in [-0.05, 0) is 19.4 Å². The average molecular weight is 291 g/mol. The van der Waals surface area contributed by atoms with Gasteiger partial charge in [-0.2, -0.15) is 0 Å². The molecule has 2 aromatic rings. The topological polar surface area (TPSA) is 62.3 Å². The Morgan fingerprint density at radius 2 is 1.81 bits per heavy atom. The number of hydrogen-bond acceptors (Lipinski definition) is 4. The first kappa shape index (κ1) is 15.6. The van der Waals surface area contributed by atoms with Crippen LogP contribution in [-0.2, 0) is 6.54 Å². The minimum absolute atomic E-state index is 0.368. The molecule has 5 heteroatoms. The summed E-state index contributed by atoms with van der Waals surface area (Å²) in [5.74, 6) is 2.91. The van der Waals surface area contributed by atoms with Crippen molar-refractivity contribution in [3.05, 3.63) is 18.0 Å². The van der Waals surface area contributed by atoms with Crippen molar-refractivity contribution in [3.63, 3.8) is 0 Å². The standard InChI is InChI=1S/C16H25N3O2/c1-11(2)16-18-12-9-14(20-3)15(21-4)10-13(12)19(16)8-6-5-7-17/h9-11H,5-8,17H2,1-4H3. The maximum atomic E-state index is 5.60. The number of benzene rings is 1. The molecule has 2 N–H and O–H groups in total. The van der Waals surface area contributed by atoms with E-state index in [9.17, 15) is 0 Å². The molecule has 0 saturated carbocycles. The first-order chi connectivity index (χ1) is 10.1. The van der Waals surface area contributed by atoms with Crippen LogP contribution in [0.3, 0.4) is 0 Å². The Morgan fingerprint density at radius 1 is 1.14 bits per heavy atom. The molecule has 1 aromatic carbocycles. The molecule has 0 bridgehead atoms.